The van der Waals surface area contributed by atoms with E-state index < -0.39 is 5.79 Å². The fourth-order valence-electron chi connectivity index (χ4n) is 7.11. The molecule has 1 atom stereocenters. The highest BCUT2D eigenvalue weighted by atomic mass is 16.7. The molecule has 1 N–H and O–H groups in total. The Kier molecular flexibility index (Phi) is 6.92. The van der Waals surface area contributed by atoms with Crippen molar-refractivity contribution in [3.05, 3.63) is 74.5 Å². The van der Waals surface area contributed by atoms with Gasteiger partial charge in [-0.15, -0.1) is 0 Å². The molecule has 8 heteroatoms. The largest absolute Gasteiger partial charge is 0.448 e. The highest BCUT2D eigenvalue weighted by molar-refractivity contribution is 6.02. The van der Waals surface area contributed by atoms with Gasteiger partial charge in [0, 0.05) is 60.2 Å². The minimum atomic E-state index is -0.800. The molecule has 216 valence electrons. The van der Waals surface area contributed by atoms with Crippen molar-refractivity contribution >= 4 is 5.91 Å². The number of pyridine rings is 2. The van der Waals surface area contributed by atoms with Crippen molar-refractivity contribution in [2.75, 3.05) is 20.6 Å². The molecular formula is C33H40N4O4. The summed E-state index contributed by atoms with van der Waals surface area (Å²) in [6, 6.07) is 6.47. The van der Waals surface area contributed by atoms with E-state index in [1.54, 1.807) is 17.3 Å². The number of amides is 1. The number of aryl methyl sites for hydroxylation is 2. The summed E-state index contributed by atoms with van der Waals surface area (Å²) in [7, 11) is 4.30. The summed E-state index contributed by atoms with van der Waals surface area (Å²) >= 11 is 0. The van der Waals surface area contributed by atoms with Crippen molar-refractivity contribution in [3.8, 4) is 22.6 Å². The van der Waals surface area contributed by atoms with E-state index in [0.717, 1.165) is 64.9 Å². The van der Waals surface area contributed by atoms with Crippen LogP contribution in [0.5, 0.6) is 11.5 Å². The maximum Gasteiger partial charge on any atom is 0.254 e. The van der Waals surface area contributed by atoms with Gasteiger partial charge in [0.05, 0.1) is 12.1 Å². The lowest BCUT2D eigenvalue weighted by atomic mass is 9.81. The van der Waals surface area contributed by atoms with Crippen molar-refractivity contribution in [1.29, 1.82) is 0 Å². The number of rotatable bonds is 5. The number of hydrogen-bond acceptors (Lipinski definition) is 6. The zero-order valence-corrected chi connectivity index (χ0v) is 25.0. The number of carbonyl (C=O) groups is 1. The average Bonchev–Trinajstić information content (AvgIpc) is 3.31. The van der Waals surface area contributed by atoms with Crippen LogP contribution in [0.4, 0.5) is 0 Å². The van der Waals surface area contributed by atoms with Gasteiger partial charge in [0.1, 0.15) is 0 Å². The van der Waals surface area contributed by atoms with Crippen molar-refractivity contribution in [2.24, 2.45) is 5.92 Å². The molecule has 2 aliphatic heterocycles. The SMILES string of the molecule is Cc1cc(C)c(CN2CCc3c(c(C)c4c(c3-c3ccncc3)O[C@@](C)([C@H]3CC[C@H](N(C)C)CC3)O4)C2=O)c(=O)[nH]1. The molecule has 1 fully saturated rings. The first-order chi connectivity index (χ1) is 19.6. The number of H-pyrrole nitrogens is 1. The van der Waals surface area contributed by atoms with Crippen molar-refractivity contribution in [3.63, 3.8) is 0 Å². The number of carbonyl (C=O) groups excluding carboxylic acids is 1. The van der Waals surface area contributed by atoms with Crippen LogP contribution in [0.3, 0.4) is 0 Å². The van der Waals surface area contributed by atoms with E-state index >= 15 is 0 Å². The fraction of sp³-hybridized carbons (Fsp3) is 0.485. The van der Waals surface area contributed by atoms with E-state index in [1.165, 1.54) is 0 Å². The number of benzene rings is 1. The molecule has 6 rings (SSSR count). The van der Waals surface area contributed by atoms with Gasteiger partial charge in [-0.05, 0) is 102 Å². The topological polar surface area (TPSA) is 87.8 Å². The lowest BCUT2D eigenvalue weighted by molar-refractivity contribution is -0.123. The van der Waals surface area contributed by atoms with Crippen LogP contribution in [-0.2, 0) is 13.0 Å². The van der Waals surface area contributed by atoms with Crippen LogP contribution in [0.2, 0.25) is 0 Å². The molecule has 1 aliphatic carbocycles. The van der Waals surface area contributed by atoms with E-state index in [9.17, 15) is 9.59 Å². The molecule has 41 heavy (non-hydrogen) atoms. The number of fused-ring (bicyclic) bond motifs is 2. The van der Waals surface area contributed by atoms with Crippen molar-refractivity contribution in [1.82, 2.24) is 19.8 Å². The third-order valence-electron chi connectivity index (χ3n) is 9.48. The quantitative estimate of drug-likeness (QED) is 0.467. The Morgan fingerprint density at radius 1 is 1.02 bits per heavy atom. The minimum Gasteiger partial charge on any atom is -0.448 e. The van der Waals surface area contributed by atoms with Gasteiger partial charge < -0.3 is 24.3 Å². The number of aromatic amines is 1. The second-order valence-electron chi connectivity index (χ2n) is 12.4. The Bertz CT molecular complexity index is 1560. The molecule has 0 bridgehead atoms. The predicted octanol–water partition coefficient (Wildman–Crippen LogP) is 5.17. The Morgan fingerprint density at radius 3 is 2.37 bits per heavy atom. The average molecular weight is 557 g/mol. The van der Waals surface area contributed by atoms with Gasteiger partial charge in [0.15, 0.2) is 11.5 Å². The molecule has 0 saturated heterocycles. The van der Waals surface area contributed by atoms with Gasteiger partial charge in [-0.3, -0.25) is 14.6 Å². The summed E-state index contributed by atoms with van der Waals surface area (Å²) in [5.41, 5.74) is 6.53. The van der Waals surface area contributed by atoms with Crippen molar-refractivity contribution < 1.29 is 14.3 Å². The Hall–Kier alpha value is -3.65. The summed E-state index contributed by atoms with van der Waals surface area (Å²) in [5, 5.41) is 0. The van der Waals surface area contributed by atoms with Crippen LogP contribution in [-0.4, -0.2) is 58.1 Å². The Morgan fingerprint density at radius 2 is 1.71 bits per heavy atom. The molecule has 1 saturated carbocycles. The zero-order valence-electron chi connectivity index (χ0n) is 25.0. The smallest absolute Gasteiger partial charge is 0.254 e. The second kappa shape index (κ2) is 10.3. The van der Waals surface area contributed by atoms with Gasteiger partial charge in [0.2, 0.25) is 0 Å². The molecule has 3 aliphatic rings. The van der Waals surface area contributed by atoms with E-state index in [4.69, 9.17) is 9.47 Å². The maximum atomic E-state index is 14.2. The first-order valence-electron chi connectivity index (χ1n) is 14.7. The summed E-state index contributed by atoms with van der Waals surface area (Å²) < 4.78 is 13.6. The molecule has 8 nitrogen and oxygen atoms in total. The summed E-state index contributed by atoms with van der Waals surface area (Å²) in [6.45, 7) is 8.61. The lowest BCUT2D eigenvalue weighted by Crippen LogP contribution is -2.46. The third-order valence-corrected chi connectivity index (χ3v) is 9.48. The van der Waals surface area contributed by atoms with E-state index in [-0.39, 0.29) is 23.9 Å². The summed E-state index contributed by atoms with van der Waals surface area (Å²) in [4.78, 5) is 38.2. The van der Waals surface area contributed by atoms with Gasteiger partial charge in [-0.2, -0.15) is 0 Å². The molecule has 0 radical (unpaired) electrons. The van der Waals surface area contributed by atoms with E-state index in [0.29, 0.717) is 35.9 Å². The summed E-state index contributed by atoms with van der Waals surface area (Å²) in [5.74, 6) is 0.760. The van der Waals surface area contributed by atoms with Crippen molar-refractivity contribution in [2.45, 2.75) is 78.2 Å². The number of hydrogen-bond donors (Lipinski definition) is 1. The van der Waals surface area contributed by atoms with Gasteiger partial charge in [-0.1, -0.05) is 0 Å². The highest BCUT2D eigenvalue weighted by Crippen LogP contribution is 2.55. The van der Waals surface area contributed by atoms with Crippen LogP contribution in [0.15, 0.2) is 35.4 Å². The first-order valence-corrected chi connectivity index (χ1v) is 14.7. The molecule has 2 aromatic heterocycles. The van der Waals surface area contributed by atoms with Gasteiger partial charge in [0.25, 0.3) is 17.3 Å². The number of nitrogens with one attached hydrogen (secondary N) is 1. The fourth-order valence-corrected chi connectivity index (χ4v) is 7.11. The van der Waals surface area contributed by atoms with E-state index in [1.807, 2.05) is 39.0 Å². The van der Waals surface area contributed by atoms with Crippen LogP contribution in [0.1, 0.15) is 70.9 Å². The summed E-state index contributed by atoms with van der Waals surface area (Å²) in [6.07, 6.45) is 8.46. The van der Waals surface area contributed by atoms with E-state index in [2.05, 4.69) is 35.9 Å². The maximum absolute atomic E-state index is 14.2. The molecule has 0 unspecified atom stereocenters. The molecule has 4 heterocycles. The number of ether oxygens (including phenoxy) is 2. The Labute approximate surface area is 241 Å². The number of aromatic nitrogens is 2. The molecule has 1 amide bonds. The zero-order chi connectivity index (χ0) is 29.1. The van der Waals surface area contributed by atoms with Gasteiger partial charge in [-0.25, -0.2) is 0 Å². The monoisotopic (exact) mass is 556 g/mol. The predicted molar refractivity (Wildman–Crippen MR) is 158 cm³/mol. The third kappa shape index (κ3) is 4.72. The molecule has 0 spiro atoms. The van der Waals surface area contributed by atoms with Gasteiger partial charge >= 0.3 is 0 Å². The van der Waals surface area contributed by atoms with Crippen LogP contribution in [0, 0.1) is 26.7 Å². The normalized spacial score (nSPS) is 23.7. The van der Waals surface area contributed by atoms with Crippen LogP contribution >= 0.6 is 0 Å². The molecule has 1 aromatic carbocycles. The highest BCUT2D eigenvalue weighted by Gasteiger charge is 2.49. The minimum absolute atomic E-state index is 0.0788. The first kappa shape index (κ1) is 27.5. The molecular weight excluding hydrogens is 516 g/mol. The lowest BCUT2D eigenvalue weighted by Gasteiger charge is -2.39. The number of nitrogens with zero attached hydrogens (tertiary/aromatic N) is 3. The second-order valence-corrected chi connectivity index (χ2v) is 12.4. The standard InChI is InChI=1S/C33H40N4O4/c1-19-17-20(2)35-31(38)26(19)18-37-16-13-25-27(32(37)39)21(3)29-30(28(25)22-11-14-34-15-12-22)41-33(4,40-29)23-7-9-24(10-8-23)36(5)6/h11-12,14-15,17,23-24H,7-10,13,16,18H2,1-6H3,(H,35,38)/t23-,24-,33-/m0/s1. The van der Waals surface area contributed by atoms with Crippen LogP contribution in [0.25, 0.3) is 11.1 Å². The molecule has 3 aromatic rings. The van der Waals surface area contributed by atoms with Crippen LogP contribution < -0.4 is 15.0 Å². The Balaban J connectivity index is 1.40.